The van der Waals surface area contributed by atoms with Crippen molar-refractivity contribution < 1.29 is 5.11 Å². The minimum Gasteiger partial charge on any atom is -0.389 e. The van der Waals surface area contributed by atoms with Gasteiger partial charge in [0.05, 0.1) is 6.10 Å². The lowest BCUT2D eigenvalue weighted by molar-refractivity contribution is 0.196. The van der Waals surface area contributed by atoms with Crippen molar-refractivity contribution in [2.75, 3.05) is 5.75 Å². The molecule has 0 bridgehead atoms. The number of aliphatic hydroxyl groups excluding tert-OH is 1. The summed E-state index contributed by atoms with van der Waals surface area (Å²) in [6, 6.07) is 6.23. The maximum atomic E-state index is 9.54. The molecule has 1 unspecified atom stereocenters. The molecule has 1 aromatic rings. The van der Waals surface area contributed by atoms with E-state index < -0.39 is 0 Å². The standard InChI is InChI=1S/C11H16OS/c1-4-13-11-6-5-8(2)7-10(11)9(3)12/h5-7,9,12H,4H2,1-3H3. The summed E-state index contributed by atoms with van der Waals surface area (Å²) in [5.74, 6) is 1.04. The van der Waals surface area contributed by atoms with Gasteiger partial charge in [0, 0.05) is 4.90 Å². The van der Waals surface area contributed by atoms with E-state index in [9.17, 15) is 5.11 Å². The average Bonchev–Trinajstić information content (AvgIpc) is 2.08. The first-order valence-electron chi connectivity index (χ1n) is 4.56. The highest BCUT2D eigenvalue weighted by Crippen LogP contribution is 2.28. The van der Waals surface area contributed by atoms with Crippen molar-refractivity contribution in [3.05, 3.63) is 29.3 Å². The SMILES string of the molecule is CCSc1ccc(C)cc1C(C)O. The van der Waals surface area contributed by atoms with Crippen LogP contribution in [-0.4, -0.2) is 10.9 Å². The normalized spacial score (nSPS) is 12.9. The zero-order valence-corrected chi connectivity index (χ0v) is 9.19. The van der Waals surface area contributed by atoms with Crippen molar-refractivity contribution in [3.8, 4) is 0 Å². The topological polar surface area (TPSA) is 20.2 Å². The van der Waals surface area contributed by atoms with Gasteiger partial charge in [-0.1, -0.05) is 24.6 Å². The first kappa shape index (κ1) is 10.6. The van der Waals surface area contributed by atoms with Gasteiger partial charge in [-0.2, -0.15) is 0 Å². The van der Waals surface area contributed by atoms with Crippen molar-refractivity contribution in [1.29, 1.82) is 0 Å². The van der Waals surface area contributed by atoms with E-state index in [4.69, 9.17) is 0 Å². The molecule has 0 heterocycles. The first-order valence-corrected chi connectivity index (χ1v) is 5.55. The maximum Gasteiger partial charge on any atom is 0.0772 e. The van der Waals surface area contributed by atoms with Gasteiger partial charge in [0.1, 0.15) is 0 Å². The molecule has 1 rings (SSSR count). The number of thioether (sulfide) groups is 1. The van der Waals surface area contributed by atoms with Gasteiger partial charge < -0.3 is 5.11 Å². The van der Waals surface area contributed by atoms with Crippen LogP contribution in [0.5, 0.6) is 0 Å². The Balaban J connectivity index is 3.03. The zero-order chi connectivity index (χ0) is 9.84. The largest absolute Gasteiger partial charge is 0.389 e. The highest BCUT2D eigenvalue weighted by atomic mass is 32.2. The van der Waals surface area contributed by atoms with Crippen LogP contribution in [0.4, 0.5) is 0 Å². The Hall–Kier alpha value is -0.470. The van der Waals surface area contributed by atoms with E-state index in [0.717, 1.165) is 11.3 Å². The molecule has 1 atom stereocenters. The Morgan fingerprint density at radius 3 is 2.69 bits per heavy atom. The molecule has 13 heavy (non-hydrogen) atoms. The Morgan fingerprint density at radius 1 is 1.46 bits per heavy atom. The van der Waals surface area contributed by atoms with Crippen molar-refractivity contribution >= 4 is 11.8 Å². The Kier molecular flexibility index (Phi) is 3.82. The molecule has 0 saturated carbocycles. The van der Waals surface area contributed by atoms with Crippen LogP contribution in [0.15, 0.2) is 23.1 Å². The zero-order valence-electron chi connectivity index (χ0n) is 8.37. The summed E-state index contributed by atoms with van der Waals surface area (Å²) < 4.78 is 0. The number of benzene rings is 1. The number of rotatable bonds is 3. The highest BCUT2D eigenvalue weighted by Gasteiger charge is 2.07. The summed E-state index contributed by atoms with van der Waals surface area (Å²) in [4.78, 5) is 1.20. The van der Waals surface area contributed by atoms with E-state index in [-0.39, 0.29) is 6.10 Å². The molecule has 0 aliphatic carbocycles. The summed E-state index contributed by atoms with van der Waals surface area (Å²) in [5.41, 5.74) is 2.25. The van der Waals surface area contributed by atoms with Crippen molar-refractivity contribution in [1.82, 2.24) is 0 Å². The molecule has 1 nitrogen and oxygen atoms in total. The molecule has 0 fully saturated rings. The Labute approximate surface area is 84.2 Å². The maximum absolute atomic E-state index is 9.54. The number of aryl methyl sites for hydroxylation is 1. The quantitative estimate of drug-likeness (QED) is 0.749. The second-order valence-corrected chi connectivity index (χ2v) is 4.46. The van der Waals surface area contributed by atoms with Gasteiger partial charge in [-0.3, -0.25) is 0 Å². The summed E-state index contributed by atoms with van der Waals surface area (Å²) in [5, 5.41) is 9.54. The van der Waals surface area contributed by atoms with E-state index in [2.05, 4.69) is 25.1 Å². The van der Waals surface area contributed by atoms with Gasteiger partial charge in [0.2, 0.25) is 0 Å². The van der Waals surface area contributed by atoms with Gasteiger partial charge in [-0.15, -0.1) is 11.8 Å². The van der Waals surface area contributed by atoms with E-state index in [1.54, 1.807) is 11.8 Å². The van der Waals surface area contributed by atoms with Gasteiger partial charge in [0.25, 0.3) is 0 Å². The fraction of sp³-hybridized carbons (Fsp3) is 0.455. The third-order valence-corrected chi connectivity index (χ3v) is 2.89. The van der Waals surface area contributed by atoms with E-state index in [1.165, 1.54) is 10.5 Å². The van der Waals surface area contributed by atoms with Gasteiger partial charge in [-0.05, 0) is 31.2 Å². The number of aliphatic hydroxyl groups is 1. The van der Waals surface area contributed by atoms with Crippen molar-refractivity contribution in [3.63, 3.8) is 0 Å². The molecule has 0 saturated heterocycles. The fourth-order valence-corrected chi connectivity index (χ4v) is 2.15. The molecule has 72 valence electrons. The minimum atomic E-state index is -0.367. The third kappa shape index (κ3) is 2.75. The second-order valence-electron chi connectivity index (χ2n) is 3.15. The monoisotopic (exact) mass is 196 g/mol. The van der Waals surface area contributed by atoms with Gasteiger partial charge in [0.15, 0.2) is 0 Å². The lowest BCUT2D eigenvalue weighted by atomic mass is 10.1. The van der Waals surface area contributed by atoms with E-state index in [1.807, 2.05) is 13.8 Å². The number of hydrogen-bond donors (Lipinski definition) is 1. The molecule has 0 spiro atoms. The molecule has 0 aromatic heterocycles. The average molecular weight is 196 g/mol. The predicted molar refractivity (Wildman–Crippen MR) is 58.2 cm³/mol. The summed E-state index contributed by atoms with van der Waals surface area (Å²) in [6.45, 7) is 5.98. The molecule has 2 heteroatoms. The third-order valence-electron chi connectivity index (χ3n) is 1.92. The van der Waals surface area contributed by atoms with Crippen LogP contribution in [0.25, 0.3) is 0 Å². The molecular weight excluding hydrogens is 180 g/mol. The molecule has 1 N–H and O–H groups in total. The van der Waals surface area contributed by atoms with Gasteiger partial charge >= 0.3 is 0 Å². The van der Waals surface area contributed by atoms with Crippen LogP contribution in [0.3, 0.4) is 0 Å². The van der Waals surface area contributed by atoms with E-state index >= 15 is 0 Å². The fourth-order valence-electron chi connectivity index (χ4n) is 1.28. The Bertz CT molecular complexity index is 281. The van der Waals surface area contributed by atoms with Crippen LogP contribution in [-0.2, 0) is 0 Å². The highest BCUT2D eigenvalue weighted by molar-refractivity contribution is 7.99. The smallest absolute Gasteiger partial charge is 0.0772 e. The van der Waals surface area contributed by atoms with E-state index in [0.29, 0.717) is 0 Å². The lowest BCUT2D eigenvalue weighted by Gasteiger charge is -2.11. The molecule has 0 aliphatic heterocycles. The van der Waals surface area contributed by atoms with Crippen LogP contribution < -0.4 is 0 Å². The Morgan fingerprint density at radius 2 is 2.15 bits per heavy atom. The first-order chi connectivity index (χ1) is 6.15. The van der Waals surface area contributed by atoms with Crippen molar-refractivity contribution in [2.24, 2.45) is 0 Å². The van der Waals surface area contributed by atoms with Crippen LogP contribution in [0.1, 0.15) is 31.1 Å². The van der Waals surface area contributed by atoms with Crippen LogP contribution >= 0.6 is 11.8 Å². The summed E-state index contributed by atoms with van der Waals surface area (Å²) in [6.07, 6.45) is -0.367. The number of hydrogen-bond acceptors (Lipinski definition) is 2. The molecule has 0 amide bonds. The second kappa shape index (κ2) is 4.68. The molecule has 1 aromatic carbocycles. The summed E-state index contributed by atoms with van der Waals surface area (Å²) >= 11 is 1.78. The predicted octanol–water partition coefficient (Wildman–Crippen LogP) is 3.16. The van der Waals surface area contributed by atoms with Crippen molar-refractivity contribution in [2.45, 2.75) is 31.8 Å². The summed E-state index contributed by atoms with van der Waals surface area (Å²) in [7, 11) is 0. The molecule has 0 aliphatic rings. The minimum absolute atomic E-state index is 0.367. The van der Waals surface area contributed by atoms with Gasteiger partial charge in [-0.25, -0.2) is 0 Å². The molecule has 0 radical (unpaired) electrons. The van der Waals surface area contributed by atoms with Crippen LogP contribution in [0.2, 0.25) is 0 Å². The van der Waals surface area contributed by atoms with Crippen LogP contribution in [0, 0.1) is 6.92 Å². The molecular formula is C11H16OS. The lowest BCUT2D eigenvalue weighted by Crippen LogP contribution is -1.94.